The Morgan fingerprint density at radius 1 is 1.55 bits per heavy atom. The Labute approximate surface area is 137 Å². The van der Waals surface area contributed by atoms with Gasteiger partial charge in [0, 0.05) is 6.42 Å². The predicted molar refractivity (Wildman–Crippen MR) is 92.8 cm³/mol. The number of ketones is 1. The number of carbonyl (C=O) groups excluding carboxylic acids is 1. The lowest BCUT2D eigenvalue weighted by atomic mass is 9.81. The normalized spacial score (nSPS) is 20.9. The molecule has 0 radical (unpaired) electrons. The van der Waals surface area contributed by atoms with Crippen LogP contribution in [0.2, 0.25) is 0 Å². The lowest BCUT2D eigenvalue weighted by Crippen LogP contribution is -2.15. The van der Waals surface area contributed by atoms with Crippen LogP contribution in [0.3, 0.4) is 0 Å². The number of halogens is 1. The van der Waals surface area contributed by atoms with Crippen LogP contribution in [0.4, 0.5) is 0 Å². The second-order valence-corrected chi connectivity index (χ2v) is 6.84. The van der Waals surface area contributed by atoms with Gasteiger partial charge in [0.25, 0.3) is 0 Å². The molecule has 0 amide bonds. The van der Waals surface area contributed by atoms with Gasteiger partial charge in [-0.05, 0) is 56.4 Å². The smallest absolute Gasteiger partial charge is 0.162 e. The van der Waals surface area contributed by atoms with E-state index in [0.29, 0.717) is 24.0 Å². The SMILES string of the molecule is C=C(CC(=O)C1=C(C)C(C)CCC1)CC(C)CCOI. The zero-order valence-corrected chi connectivity index (χ0v) is 15.2. The fourth-order valence-electron chi connectivity index (χ4n) is 2.90. The molecule has 20 heavy (non-hydrogen) atoms. The van der Waals surface area contributed by atoms with E-state index in [2.05, 4.69) is 27.4 Å². The number of Topliss-reactive ketones (excluding diaryl/α,β-unsaturated/α-hetero) is 1. The summed E-state index contributed by atoms with van der Waals surface area (Å²) < 4.78 is 5.06. The zero-order chi connectivity index (χ0) is 15.1. The maximum Gasteiger partial charge on any atom is 0.162 e. The van der Waals surface area contributed by atoms with Gasteiger partial charge in [0.1, 0.15) is 23.0 Å². The van der Waals surface area contributed by atoms with Crippen molar-refractivity contribution in [3.63, 3.8) is 0 Å². The molecule has 1 aliphatic rings. The minimum Gasteiger partial charge on any atom is -0.316 e. The molecule has 0 spiro atoms. The summed E-state index contributed by atoms with van der Waals surface area (Å²) in [6.45, 7) is 11.4. The molecule has 0 aromatic carbocycles. The van der Waals surface area contributed by atoms with Gasteiger partial charge in [0.15, 0.2) is 5.78 Å². The van der Waals surface area contributed by atoms with E-state index in [0.717, 1.165) is 43.4 Å². The number of allylic oxidation sites excluding steroid dienone is 3. The third kappa shape index (κ3) is 5.68. The largest absolute Gasteiger partial charge is 0.316 e. The van der Waals surface area contributed by atoms with E-state index in [1.165, 1.54) is 12.0 Å². The van der Waals surface area contributed by atoms with Crippen molar-refractivity contribution in [3.8, 4) is 0 Å². The summed E-state index contributed by atoms with van der Waals surface area (Å²) in [7, 11) is 0. The molecular weight excluding hydrogens is 363 g/mol. The Morgan fingerprint density at radius 3 is 2.90 bits per heavy atom. The Morgan fingerprint density at radius 2 is 2.25 bits per heavy atom. The summed E-state index contributed by atoms with van der Waals surface area (Å²) in [5.74, 6) is 1.40. The molecule has 3 heteroatoms. The van der Waals surface area contributed by atoms with Crippen LogP contribution < -0.4 is 0 Å². The fraction of sp³-hybridized carbons (Fsp3) is 0.706. The maximum absolute atomic E-state index is 12.4. The minimum absolute atomic E-state index is 0.302. The van der Waals surface area contributed by atoms with Crippen molar-refractivity contribution in [1.29, 1.82) is 0 Å². The summed E-state index contributed by atoms with van der Waals surface area (Å²) >= 11 is 1.93. The van der Waals surface area contributed by atoms with Crippen molar-refractivity contribution in [2.24, 2.45) is 11.8 Å². The monoisotopic (exact) mass is 390 g/mol. The summed E-state index contributed by atoms with van der Waals surface area (Å²) in [5.41, 5.74) is 3.45. The van der Waals surface area contributed by atoms with Crippen molar-refractivity contribution in [2.75, 3.05) is 6.61 Å². The first-order chi connectivity index (χ1) is 9.45. The van der Waals surface area contributed by atoms with Crippen molar-refractivity contribution in [1.82, 2.24) is 0 Å². The third-order valence-corrected chi connectivity index (χ3v) is 4.79. The molecular formula is C17H27IO2. The highest BCUT2D eigenvalue weighted by Gasteiger charge is 2.21. The summed E-state index contributed by atoms with van der Waals surface area (Å²) in [4.78, 5) is 12.4. The number of rotatable bonds is 8. The molecule has 1 rings (SSSR count). The highest BCUT2D eigenvalue weighted by molar-refractivity contribution is 14.1. The number of hydrogen-bond acceptors (Lipinski definition) is 2. The van der Waals surface area contributed by atoms with Gasteiger partial charge in [-0.3, -0.25) is 4.79 Å². The highest BCUT2D eigenvalue weighted by atomic mass is 127. The van der Waals surface area contributed by atoms with Gasteiger partial charge < -0.3 is 3.07 Å². The molecule has 0 N–H and O–H groups in total. The highest BCUT2D eigenvalue weighted by Crippen LogP contribution is 2.31. The van der Waals surface area contributed by atoms with Gasteiger partial charge in [-0.25, -0.2) is 0 Å². The van der Waals surface area contributed by atoms with E-state index >= 15 is 0 Å². The number of carbonyl (C=O) groups is 1. The molecule has 0 saturated carbocycles. The van der Waals surface area contributed by atoms with Gasteiger partial charge in [-0.2, -0.15) is 0 Å². The van der Waals surface area contributed by atoms with Gasteiger partial charge in [0.2, 0.25) is 0 Å². The van der Waals surface area contributed by atoms with Crippen molar-refractivity contribution >= 4 is 28.8 Å². The molecule has 2 nitrogen and oxygen atoms in total. The topological polar surface area (TPSA) is 26.3 Å². The lowest BCUT2D eigenvalue weighted by molar-refractivity contribution is -0.115. The first kappa shape index (κ1) is 17.9. The Kier molecular flexibility index (Phi) is 8.03. The van der Waals surface area contributed by atoms with Crippen LogP contribution in [0.1, 0.15) is 59.3 Å². The summed E-state index contributed by atoms with van der Waals surface area (Å²) in [5, 5.41) is 0. The lowest BCUT2D eigenvalue weighted by Gasteiger charge is -2.23. The molecule has 0 aromatic rings. The first-order valence-electron chi connectivity index (χ1n) is 7.58. The molecule has 2 atom stereocenters. The molecule has 0 heterocycles. The van der Waals surface area contributed by atoms with Crippen LogP contribution in [0.15, 0.2) is 23.3 Å². The predicted octanol–water partition coefficient (Wildman–Crippen LogP) is 5.42. The van der Waals surface area contributed by atoms with Crippen LogP contribution in [-0.4, -0.2) is 12.4 Å². The first-order valence-corrected chi connectivity index (χ1v) is 8.46. The Hall–Kier alpha value is -0.160. The molecule has 1 aliphatic carbocycles. The van der Waals surface area contributed by atoms with E-state index in [4.69, 9.17) is 3.07 Å². The summed E-state index contributed by atoms with van der Waals surface area (Å²) in [6, 6.07) is 0. The van der Waals surface area contributed by atoms with Crippen LogP contribution in [0.25, 0.3) is 0 Å². The average molecular weight is 390 g/mol. The minimum atomic E-state index is 0.302. The van der Waals surface area contributed by atoms with Crippen LogP contribution in [0.5, 0.6) is 0 Å². The molecule has 2 unspecified atom stereocenters. The zero-order valence-electron chi connectivity index (χ0n) is 13.0. The average Bonchev–Trinajstić information content (AvgIpc) is 2.39. The molecule has 114 valence electrons. The van der Waals surface area contributed by atoms with Gasteiger partial charge >= 0.3 is 0 Å². The molecule has 0 bridgehead atoms. The molecule has 0 aliphatic heterocycles. The van der Waals surface area contributed by atoms with Crippen molar-refractivity contribution < 1.29 is 7.86 Å². The van der Waals surface area contributed by atoms with Gasteiger partial charge in [-0.15, -0.1) is 0 Å². The Bertz CT molecular complexity index is 384. The Balaban J connectivity index is 2.49. The van der Waals surface area contributed by atoms with E-state index in [9.17, 15) is 4.79 Å². The van der Waals surface area contributed by atoms with Crippen LogP contribution in [-0.2, 0) is 7.86 Å². The molecule has 0 fully saturated rings. The van der Waals surface area contributed by atoms with Crippen LogP contribution >= 0.6 is 23.0 Å². The maximum atomic E-state index is 12.4. The van der Waals surface area contributed by atoms with E-state index in [1.54, 1.807) is 0 Å². The molecule has 0 saturated heterocycles. The van der Waals surface area contributed by atoms with Crippen molar-refractivity contribution in [2.45, 2.75) is 59.3 Å². The van der Waals surface area contributed by atoms with E-state index < -0.39 is 0 Å². The van der Waals surface area contributed by atoms with Gasteiger partial charge in [-0.1, -0.05) is 31.6 Å². The second kappa shape index (κ2) is 8.98. The van der Waals surface area contributed by atoms with Crippen LogP contribution in [0, 0.1) is 11.8 Å². The standard InChI is InChI=1S/C17H27IO2/c1-12(8-9-20-18)10-13(2)11-17(19)16-7-5-6-14(3)15(16)4/h12,14H,2,5-11H2,1,3-4H3. The second-order valence-electron chi connectivity index (χ2n) is 6.22. The third-order valence-electron chi connectivity index (χ3n) is 4.35. The van der Waals surface area contributed by atoms with Gasteiger partial charge in [0.05, 0.1) is 6.61 Å². The fourth-order valence-corrected chi connectivity index (χ4v) is 3.16. The quantitative estimate of drug-likeness (QED) is 0.409. The van der Waals surface area contributed by atoms with E-state index in [1.807, 2.05) is 23.0 Å². The summed E-state index contributed by atoms with van der Waals surface area (Å²) in [6.07, 6.45) is 5.80. The number of hydrogen-bond donors (Lipinski definition) is 0. The molecule has 0 aromatic heterocycles. The van der Waals surface area contributed by atoms with E-state index in [-0.39, 0.29) is 0 Å². The van der Waals surface area contributed by atoms with Crippen molar-refractivity contribution in [3.05, 3.63) is 23.3 Å².